The van der Waals surface area contributed by atoms with Crippen LogP contribution in [0.3, 0.4) is 0 Å². The molecule has 0 unspecified atom stereocenters. The first-order valence-electron chi connectivity index (χ1n) is 9.27. The Morgan fingerprint density at radius 3 is 2.77 bits per heavy atom. The van der Waals surface area contributed by atoms with E-state index in [2.05, 4.69) is 32.4 Å². The standard InChI is InChI=1S/C18H25FN6O/c1-23-8-10-24(11-9-23)17(15-6-2-3-7-16(15)19)18-20-21-22-25(18)13-14-5-4-12-26-14/h2-3,6-7,14,17H,4-5,8-13H2,1H3/t14-,17-/m0/s1. The van der Waals surface area contributed by atoms with Crippen molar-refractivity contribution in [3.05, 3.63) is 41.5 Å². The minimum atomic E-state index is -0.290. The van der Waals surface area contributed by atoms with Gasteiger partial charge in [-0.2, -0.15) is 0 Å². The molecule has 2 saturated heterocycles. The van der Waals surface area contributed by atoms with Crippen LogP contribution in [0.4, 0.5) is 4.39 Å². The molecule has 0 saturated carbocycles. The van der Waals surface area contributed by atoms with E-state index in [-0.39, 0.29) is 18.0 Å². The number of likely N-dealkylation sites (N-methyl/N-ethyl adjacent to an activating group) is 1. The number of ether oxygens (including phenoxy) is 1. The van der Waals surface area contributed by atoms with Gasteiger partial charge in [-0.05, 0) is 36.4 Å². The minimum Gasteiger partial charge on any atom is -0.376 e. The molecule has 26 heavy (non-hydrogen) atoms. The summed E-state index contributed by atoms with van der Waals surface area (Å²) in [6.45, 7) is 4.99. The molecule has 140 valence electrons. The third-order valence-electron chi connectivity index (χ3n) is 5.31. The molecule has 2 atom stereocenters. The van der Waals surface area contributed by atoms with Crippen LogP contribution in [0, 0.1) is 5.82 Å². The molecule has 0 radical (unpaired) electrons. The second kappa shape index (κ2) is 7.77. The molecule has 1 aromatic heterocycles. The highest BCUT2D eigenvalue weighted by molar-refractivity contribution is 5.26. The third kappa shape index (κ3) is 3.62. The van der Waals surface area contributed by atoms with Crippen LogP contribution in [0.2, 0.25) is 0 Å². The average Bonchev–Trinajstić information content (AvgIpc) is 3.31. The summed E-state index contributed by atoms with van der Waals surface area (Å²) in [6, 6.07) is 6.64. The summed E-state index contributed by atoms with van der Waals surface area (Å²) >= 11 is 0. The van der Waals surface area contributed by atoms with Crippen molar-refractivity contribution in [3.8, 4) is 0 Å². The number of nitrogens with zero attached hydrogens (tertiary/aromatic N) is 6. The lowest BCUT2D eigenvalue weighted by Crippen LogP contribution is -2.47. The minimum absolute atomic E-state index is 0.131. The summed E-state index contributed by atoms with van der Waals surface area (Å²) in [5.74, 6) is 0.471. The topological polar surface area (TPSA) is 59.3 Å². The molecule has 4 rings (SSSR count). The predicted molar refractivity (Wildman–Crippen MR) is 94.1 cm³/mol. The smallest absolute Gasteiger partial charge is 0.173 e. The van der Waals surface area contributed by atoms with Crippen molar-refractivity contribution in [1.29, 1.82) is 0 Å². The lowest BCUT2D eigenvalue weighted by Gasteiger charge is -2.37. The first-order valence-corrected chi connectivity index (χ1v) is 9.27. The monoisotopic (exact) mass is 360 g/mol. The van der Waals surface area contributed by atoms with Gasteiger partial charge in [0.2, 0.25) is 0 Å². The van der Waals surface area contributed by atoms with E-state index in [1.165, 1.54) is 6.07 Å². The quantitative estimate of drug-likeness (QED) is 0.802. The number of hydrogen-bond acceptors (Lipinski definition) is 6. The van der Waals surface area contributed by atoms with E-state index in [1.54, 1.807) is 10.7 Å². The van der Waals surface area contributed by atoms with Gasteiger partial charge in [-0.1, -0.05) is 18.2 Å². The largest absolute Gasteiger partial charge is 0.376 e. The lowest BCUT2D eigenvalue weighted by molar-refractivity contribution is 0.0876. The Bertz CT molecular complexity index is 724. The average molecular weight is 360 g/mol. The predicted octanol–water partition coefficient (Wildman–Crippen LogP) is 1.33. The Hall–Kier alpha value is -1.90. The van der Waals surface area contributed by atoms with Gasteiger partial charge in [0.15, 0.2) is 5.82 Å². The Morgan fingerprint density at radius 1 is 1.23 bits per heavy atom. The van der Waals surface area contributed by atoms with E-state index in [4.69, 9.17) is 4.74 Å². The normalized spacial score (nSPS) is 23.4. The van der Waals surface area contributed by atoms with Crippen LogP contribution in [0.1, 0.15) is 30.3 Å². The van der Waals surface area contributed by atoms with Crippen molar-refractivity contribution in [3.63, 3.8) is 0 Å². The first-order chi connectivity index (χ1) is 12.7. The van der Waals surface area contributed by atoms with Crippen LogP contribution < -0.4 is 0 Å². The van der Waals surface area contributed by atoms with Gasteiger partial charge in [0, 0.05) is 38.3 Å². The Labute approximate surface area is 152 Å². The summed E-state index contributed by atoms with van der Waals surface area (Å²) in [6.07, 6.45) is 2.21. The molecule has 0 spiro atoms. The van der Waals surface area contributed by atoms with Gasteiger partial charge in [0.1, 0.15) is 11.9 Å². The summed E-state index contributed by atoms with van der Waals surface area (Å²) in [7, 11) is 2.11. The van der Waals surface area contributed by atoms with Crippen molar-refractivity contribution in [2.75, 3.05) is 39.8 Å². The molecule has 2 aliphatic heterocycles. The van der Waals surface area contributed by atoms with Crippen LogP contribution in [0.25, 0.3) is 0 Å². The van der Waals surface area contributed by atoms with Gasteiger partial charge in [0.05, 0.1) is 12.6 Å². The van der Waals surface area contributed by atoms with Gasteiger partial charge >= 0.3 is 0 Å². The summed E-state index contributed by atoms with van der Waals surface area (Å²) < 4.78 is 22.2. The summed E-state index contributed by atoms with van der Waals surface area (Å²) in [5.41, 5.74) is 0.625. The maximum absolute atomic E-state index is 14.7. The van der Waals surface area contributed by atoms with Crippen LogP contribution in [-0.2, 0) is 11.3 Å². The fourth-order valence-corrected chi connectivity index (χ4v) is 3.79. The van der Waals surface area contributed by atoms with E-state index in [1.807, 2.05) is 12.1 Å². The van der Waals surface area contributed by atoms with Gasteiger partial charge in [0.25, 0.3) is 0 Å². The zero-order valence-electron chi connectivity index (χ0n) is 15.1. The molecule has 2 fully saturated rings. The van der Waals surface area contributed by atoms with Gasteiger partial charge in [-0.15, -0.1) is 5.10 Å². The molecular weight excluding hydrogens is 335 g/mol. The lowest BCUT2D eigenvalue weighted by atomic mass is 10.0. The molecule has 1 aromatic carbocycles. The molecule has 2 aromatic rings. The van der Waals surface area contributed by atoms with Crippen molar-refractivity contribution in [2.45, 2.75) is 31.5 Å². The number of halogens is 1. The highest BCUT2D eigenvalue weighted by atomic mass is 19.1. The number of hydrogen-bond donors (Lipinski definition) is 0. The second-order valence-corrected chi connectivity index (χ2v) is 7.12. The zero-order chi connectivity index (χ0) is 17.9. The number of rotatable bonds is 5. The van der Waals surface area contributed by atoms with Crippen molar-refractivity contribution in [1.82, 2.24) is 30.0 Å². The second-order valence-electron chi connectivity index (χ2n) is 7.12. The van der Waals surface area contributed by atoms with E-state index < -0.39 is 0 Å². The molecule has 8 heteroatoms. The van der Waals surface area contributed by atoms with Gasteiger partial charge < -0.3 is 9.64 Å². The fourth-order valence-electron chi connectivity index (χ4n) is 3.79. The van der Waals surface area contributed by atoms with E-state index in [9.17, 15) is 4.39 Å². The third-order valence-corrected chi connectivity index (χ3v) is 5.31. The number of aromatic nitrogens is 4. The van der Waals surface area contributed by atoms with E-state index in [0.29, 0.717) is 17.9 Å². The Balaban J connectivity index is 1.67. The van der Waals surface area contributed by atoms with Crippen LogP contribution >= 0.6 is 0 Å². The Kier molecular flexibility index (Phi) is 5.23. The molecule has 2 aliphatic rings. The van der Waals surface area contributed by atoms with Gasteiger partial charge in [-0.25, -0.2) is 9.07 Å². The summed E-state index contributed by atoms with van der Waals surface area (Å²) in [5, 5.41) is 12.4. The molecule has 0 aliphatic carbocycles. The molecule has 7 nitrogen and oxygen atoms in total. The van der Waals surface area contributed by atoms with Gasteiger partial charge in [-0.3, -0.25) is 4.90 Å². The molecular formula is C18H25FN6O. The number of tetrazole rings is 1. The Morgan fingerprint density at radius 2 is 2.04 bits per heavy atom. The zero-order valence-corrected chi connectivity index (χ0v) is 15.1. The van der Waals surface area contributed by atoms with E-state index in [0.717, 1.165) is 45.6 Å². The number of benzene rings is 1. The summed E-state index contributed by atoms with van der Waals surface area (Å²) in [4.78, 5) is 4.56. The maximum Gasteiger partial charge on any atom is 0.173 e. The van der Waals surface area contributed by atoms with Crippen LogP contribution in [0.15, 0.2) is 24.3 Å². The van der Waals surface area contributed by atoms with Crippen LogP contribution in [0.5, 0.6) is 0 Å². The van der Waals surface area contributed by atoms with Crippen molar-refractivity contribution < 1.29 is 9.13 Å². The molecule has 0 N–H and O–H groups in total. The van der Waals surface area contributed by atoms with E-state index >= 15 is 0 Å². The molecule has 0 bridgehead atoms. The van der Waals surface area contributed by atoms with Crippen LogP contribution in [-0.4, -0.2) is 75.9 Å². The van der Waals surface area contributed by atoms with Crippen molar-refractivity contribution >= 4 is 0 Å². The highest BCUT2D eigenvalue weighted by Gasteiger charge is 2.32. The molecule has 0 amide bonds. The number of piperazine rings is 1. The van der Waals surface area contributed by atoms with Crippen molar-refractivity contribution in [2.24, 2.45) is 0 Å². The first kappa shape index (κ1) is 17.5. The maximum atomic E-state index is 14.7. The highest BCUT2D eigenvalue weighted by Crippen LogP contribution is 2.30. The fraction of sp³-hybridized carbons (Fsp3) is 0.611. The SMILES string of the molecule is CN1CCN([C@@H](c2ccccc2F)c2nnnn2C[C@@H]2CCCO2)CC1. The molecule has 3 heterocycles.